The smallest absolute Gasteiger partial charge is 0.407 e. The van der Waals surface area contributed by atoms with E-state index in [2.05, 4.69) is 38.7 Å². The van der Waals surface area contributed by atoms with E-state index >= 15 is 0 Å². The van der Waals surface area contributed by atoms with Gasteiger partial charge in [-0.2, -0.15) is 5.26 Å². The van der Waals surface area contributed by atoms with Crippen LogP contribution in [0.4, 0.5) is 16.3 Å². The van der Waals surface area contributed by atoms with E-state index in [0.29, 0.717) is 12.1 Å². The van der Waals surface area contributed by atoms with E-state index in [-0.39, 0.29) is 18.2 Å². The summed E-state index contributed by atoms with van der Waals surface area (Å²) in [4.78, 5) is 29.4. The molecular formula is C30H35N7O3. The normalized spacial score (nSPS) is 23.6. The van der Waals surface area contributed by atoms with Crippen LogP contribution in [-0.4, -0.2) is 95.0 Å². The number of morpholine rings is 1. The number of hydrogen-bond donors (Lipinski definition) is 1. The summed E-state index contributed by atoms with van der Waals surface area (Å²) in [5.74, 6) is 0.976. The summed E-state index contributed by atoms with van der Waals surface area (Å²) in [5.41, 5.74) is 4.65. The number of hydrogen-bond acceptors (Lipinski definition) is 8. The Morgan fingerprint density at radius 1 is 1.10 bits per heavy atom. The molecule has 10 heteroatoms. The number of carbonyl (C=O) groups is 1. The molecule has 5 heterocycles. The predicted molar refractivity (Wildman–Crippen MR) is 153 cm³/mol. The van der Waals surface area contributed by atoms with Crippen LogP contribution in [0.1, 0.15) is 30.5 Å². The highest BCUT2D eigenvalue weighted by Gasteiger charge is 2.31. The van der Waals surface area contributed by atoms with Crippen LogP contribution in [-0.2, 0) is 17.7 Å². The third-order valence-electron chi connectivity index (χ3n) is 8.39. The molecule has 3 aliphatic heterocycles. The monoisotopic (exact) mass is 541 g/mol. The maximum Gasteiger partial charge on any atom is 0.407 e. The standard InChI is InChI=1S/C30H35N7O3/c1-20-12-23-13-28(33-15-24(23)17-37(20)30(38)39)35-10-8-34(9-11-35)18-25-19-36(16-21(2)40-25)27-6-5-22(14-31)29-26(27)4-3-7-32-29/h3-7,13,15,20-21,25H,8-12,16-19H2,1-2H3,(H,38,39)/t20?,21-,25+/m1/s1. The van der Waals surface area contributed by atoms with Crippen LogP contribution in [0.2, 0.25) is 0 Å². The average molecular weight is 542 g/mol. The first-order valence-corrected chi connectivity index (χ1v) is 14.0. The molecule has 6 rings (SSSR count). The van der Waals surface area contributed by atoms with Crippen molar-refractivity contribution in [1.29, 1.82) is 5.26 Å². The lowest BCUT2D eigenvalue weighted by atomic mass is 9.96. The van der Waals surface area contributed by atoms with Gasteiger partial charge < -0.3 is 24.5 Å². The highest BCUT2D eigenvalue weighted by Crippen LogP contribution is 2.31. The summed E-state index contributed by atoms with van der Waals surface area (Å²) < 4.78 is 6.38. The Balaban J connectivity index is 1.09. The molecule has 3 atom stereocenters. The highest BCUT2D eigenvalue weighted by molar-refractivity contribution is 5.95. The lowest BCUT2D eigenvalue weighted by Gasteiger charge is -2.42. The second kappa shape index (κ2) is 10.9. The molecule has 208 valence electrons. The Hall–Kier alpha value is -3.94. The average Bonchev–Trinajstić information content (AvgIpc) is 2.96. The Kier molecular flexibility index (Phi) is 7.17. The van der Waals surface area contributed by atoms with Crippen molar-refractivity contribution in [2.45, 2.75) is 45.1 Å². The summed E-state index contributed by atoms with van der Waals surface area (Å²) in [7, 11) is 0. The molecule has 3 aromatic rings. The predicted octanol–water partition coefficient (Wildman–Crippen LogP) is 3.34. The molecule has 1 aromatic carbocycles. The summed E-state index contributed by atoms with van der Waals surface area (Å²) >= 11 is 0. The maximum atomic E-state index is 11.5. The number of ether oxygens (including phenoxy) is 1. The second-order valence-corrected chi connectivity index (χ2v) is 11.2. The zero-order valence-electron chi connectivity index (χ0n) is 23.0. The molecule has 0 spiro atoms. The minimum Gasteiger partial charge on any atom is -0.465 e. The first-order chi connectivity index (χ1) is 19.4. The van der Waals surface area contributed by atoms with Crippen molar-refractivity contribution < 1.29 is 14.6 Å². The topological polar surface area (TPSA) is 109 Å². The molecule has 3 aliphatic rings. The number of fused-ring (bicyclic) bond motifs is 2. The molecule has 40 heavy (non-hydrogen) atoms. The molecule has 10 nitrogen and oxygen atoms in total. The zero-order chi connectivity index (χ0) is 27.8. The zero-order valence-corrected chi connectivity index (χ0v) is 23.0. The van der Waals surface area contributed by atoms with Crippen molar-refractivity contribution >= 4 is 28.5 Å². The number of piperazine rings is 1. The fraction of sp³-hybridized carbons (Fsp3) is 0.467. The lowest BCUT2D eigenvalue weighted by Crippen LogP contribution is -2.54. The van der Waals surface area contributed by atoms with Gasteiger partial charge in [-0.1, -0.05) is 0 Å². The van der Waals surface area contributed by atoms with E-state index in [0.717, 1.165) is 80.2 Å². The minimum absolute atomic E-state index is 0.0342. The molecule has 0 bridgehead atoms. The van der Waals surface area contributed by atoms with E-state index < -0.39 is 6.09 Å². The molecule has 2 saturated heterocycles. The van der Waals surface area contributed by atoms with Gasteiger partial charge in [-0.05, 0) is 61.7 Å². The third-order valence-corrected chi connectivity index (χ3v) is 8.39. The number of anilines is 2. The number of nitriles is 1. The maximum absolute atomic E-state index is 11.5. The van der Waals surface area contributed by atoms with Crippen molar-refractivity contribution in [3.05, 3.63) is 59.4 Å². The largest absolute Gasteiger partial charge is 0.465 e. The molecule has 2 fully saturated rings. The molecular weight excluding hydrogens is 506 g/mol. The molecule has 0 aliphatic carbocycles. The fourth-order valence-electron chi connectivity index (χ4n) is 6.36. The van der Waals surface area contributed by atoms with Crippen LogP contribution in [0.5, 0.6) is 0 Å². The van der Waals surface area contributed by atoms with Gasteiger partial charge in [0.05, 0.1) is 29.8 Å². The van der Waals surface area contributed by atoms with Crippen molar-refractivity contribution in [2.24, 2.45) is 0 Å². The first-order valence-electron chi connectivity index (χ1n) is 14.0. The number of pyridine rings is 2. The van der Waals surface area contributed by atoms with Crippen LogP contribution in [0, 0.1) is 11.3 Å². The van der Waals surface area contributed by atoms with Crippen molar-refractivity contribution in [3.8, 4) is 6.07 Å². The van der Waals surface area contributed by atoms with Gasteiger partial charge in [0.25, 0.3) is 0 Å². The van der Waals surface area contributed by atoms with E-state index in [9.17, 15) is 15.2 Å². The third kappa shape index (κ3) is 5.15. The van der Waals surface area contributed by atoms with Gasteiger partial charge in [0, 0.05) is 75.3 Å². The van der Waals surface area contributed by atoms with Gasteiger partial charge in [-0.25, -0.2) is 9.78 Å². The van der Waals surface area contributed by atoms with Crippen molar-refractivity contribution in [3.63, 3.8) is 0 Å². The Bertz CT molecular complexity index is 1450. The Morgan fingerprint density at radius 3 is 2.70 bits per heavy atom. The number of rotatable bonds is 4. The van der Waals surface area contributed by atoms with E-state index in [1.807, 2.05) is 37.4 Å². The summed E-state index contributed by atoms with van der Waals surface area (Å²) in [6, 6.07) is 12.3. The molecule has 1 unspecified atom stereocenters. The second-order valence-electron chi connectivity index (χ2n) is 11.2. The number of carboxylic acid groups (broad SMARTS) is 1. The Labute approximate surface area is 234 Å². The molecule has 0 saturated carbocycles. The van der Waals surface area contributed by atoms with E-state index in [1.54, 1.807) is 6.20 Å². The fourth-order valence-corrected chi connectivity index (χ4v) is 6.36. The molecule has 1 amide bonds. The molecule has 2 aromatic heterocycles. The summed E-state index contributed by atoms with van der Waals surface area (Å²) in [5, 5.41) is 20.0. The SMILES string of the molecule is CC1Cc2cc(N3CCN(C[C@H]4CN(c5ccc(C#N)c6ncccc56)C[C@@H](C)O4)CC3)ncc2CN1C(=O)O. The van der Waals surface area contributed by atoms with Crippen LogP contribution in [0.15, 0.2) is 42.7 Å². The van der Waals surface area contributed by atoms with Gasteiger partial charge in [-0.3, -0.25) is 9.88 Å². The number of amides is 1. The summed E-state index contributed by atoms with van der Waals surface area (Å²) in [6.07, 6.45) is 3.62. The van der Waals surface area contributed by atoms with E-state index in [1.165, 1.54) is 10.5 Å². The Morgan fingerprint density at radius 2 is 1.93 bits per heavy atom. The van der Waals surface area contributed by atoms with Crippen LogP contribution in [0.25, 0.3) is 10.9 Å². The first kappa shape index (κ1) is 26.3. The van der Waals surface area contributed by atoms with Crippen molar-refractivity contribution in [1.82, 2.24) is 19.8 Å². The minimum atomic E-state index is -0.875. The summed E-state index contributed by atoms with van der Waals surface area (Å²) in [6.45, 7) is 10.6. The van der Waals surface area contributed by atoms with Gasteiger partial charge in [0.2, 0.25) is 0 Å². The van der Waals surface area contributed by atoms with E-state index in [4.69, 9.17) is 9.72 Å². The van der Waals surface area contributed by atoms with Crippen molar-refractivity contribution in [2.75, 3.05) is 55.6 Å². The number of nitrogens with zero attached hydrogens (tertiary/aromatic N) is 7. The quantitative estimate of drug-likeness (QED) is 0.532. The lowest BCUT2D eigenvalue weighted by molar-refractivity contribution is -0.0327. The molecule has 0 radical (unpaired) electrons. The van der Waals surface area contributed by atoms with Crippen LogP contribution < -0.4 is 9.80 Å². The van der Waals surface area contributed by atoms with Crippen LogP contribution in [0.3, 0.4) is 0 Å². The number of aromatic nitrogens is 2. The van der Waals surface area contributed by atoms with Gasteiger partial charge >= 0.3 is 6.09 Å². The van der Waals surface area contributed by atoms with Crippen LogP contribution >= 0.6 is 0 Å². The highest BCUT2D eigenvalue weighted by atomic mass is 16.5. The van der Waals surface area contributed by atoms with Gasteiger partial charge in [-0.15, -0.1) is 0 Å². The molecule has 1 N–H and O–H groups in total. The van der Waals surface area contributed by atoms with Gasteiger partial charge in [0.15, 0.2) is 0 Å². The number of benzene rings is 1. The van der Waals surface area contributed by atoms with Gasteiger partial charge in [0.1, 0.15) is 11.9 Å².